The molecule has 2 fully saturated rings. The Hall–Kier alpha value is -1.46. The number of hydrogen-bond acceptors (Lipinski definition) is 3. The molecule has 5 heteroatoms. The first kappa shape index (κ1) is 16.0. The summed E-state index contributed by atoms with van der Waals surface area (Å²) in [6.45, 7) is 2.93. The molecule has 2 aliphatic rings. The maximum Gasteiger partial charge on any atom is 0.257 e. The Balaban J connectivity index is 1.53. The highest BCUT2D eigenvalue weighted by molar-refractivity contribution is 7.09. The van der Waals surface area contributed by atoms with Gasteiger partial charge in [-0.2, -0.15) is 0 Å². The summed E-state index contributed by atoms with van der Waals surface area (Å²) in [6.07, 6.45) is 0.539. The van der Waals surface area contributed by atoms with E-state index in [1.54, 1.807) is 11.3 Å². The lowest BCUT2D eigenvalue weighted by Gasteiger charge is -2.46. The first-order valence-corrected chi connectivity index (χ1v) is 9.39. The normalized spacial score (nSPS) is 27.0. The van der Waals surface area contributed by atoms with E-state index in [-0.39, 0.29) is 6.42 Å². The summed E-state index contributed by atoms with van der Waals surface area (Å²) in [5, 5.41) is 2.05. The number of anilines is 1. The highest BCUT2D eigenvalue weighted by Gasteiger charge is 2.59. The van der Waals surface area contributed by atoms with Gasteiger partial charge in [0.15, 0.2) is 0 Å². The molecule has 2 saturated heterocycles. The minimum absolute atomic E-state index is 0.0268. The minimum atomic E-state index is -2.58. The second-order valence-electron chi connectivity index (χ2n) is 7.03. The number of rotatable bonds is 3. The molecule has 0 bridgehead atoms. The number of benzene rings is 1. The zero-order valence-electron chi connectivity index (χ0n) is 13.6. The van der Waals surface area contributed by atoms with E-state index < -0.39 is 11.3 Å². The smallest absolute Gasteiger partial charge is 0.257 e. The third-order valence-corrected chi connectivity index (χ3v) is 6.34. The van der Waals surface area contributed by atoms with Crippen LogP contribution in [0.1, 0.15) is 17.7 Å². The fraction of sp³-hybridized carbons (Fsp3) is 0.474. The van der Waals surface area contributed by atoms with Crippen LogP contribution in [0.25, 0.3) is 0 Å². The van der Waals surface area contributed by atoms with Gasteiger partial charge in [0, 0.05) is 49.7 Å². The Labute approximate surface area is 145 Å². The average molecular weight is 348 g/mol. The van der Waals surface area contributed by atoms with Crippen molar-refractivity contribution in [1.29, 1.82) is 0 Å². The third kappa shape index (κ3) is 2.84. The number of likely N-dealkylation sites (tertiary alicyclic amines) is 1. The van der Waals surface area contributed by atoms with Crippen LogP contribution in [0.4, 0.5) is 14.5 Å². The van der Waals surface area contributed by atoms with Crippen LogP contribution in [0.3, 0.4) is 0 Å². The van der Waals surface area contributed by atoms with Crippen LogP contribution < -0.4 is 4.90 Å². The molecule has 0 saturated carbocycles. The van der Waals surface area contributed by atoms with Gasteiger partial charge in [-0.1, -0.05) is 24.3 Å². The van der Waals surface area contributed by atoms with Gasteiger partial charge in [-0.25, -0.2) is 8.78 Å². The highest BCUT2D eigenvalue weighted by Crippen LogP contribution is 2.50. The van der Waals surface area contributed by atoms with Crippen LogP contribution >= 0.6 is 11.3 Å². The van der Waals surface area contributed by atoms with E-state index in [9.17, 15) is 8.78 Å². The van der Waals surface area contributed by atoms with Gasteiger partial charge in [0.2, 0.25) is 0 Å². The molecule has 1 atom stereocenters. The molecule has 1 spiro atoms. The molecule has 0 radical (unpaired) electrons. The molecule has 3 heterocycles. The molecule has 2 aromatic rings. The van der Waals surface area contributed by atoms with E-state index in [4.69, 9.17) is 0 Å². The molecular weight excluding hydrogens is 326 g/mol. The Morgan fingerprint density at radius 1 is 0.958 bits per heavy atom. The zero-order valence-corrected chi connectivity index (χ0v) is 14.4. The first-order chi connectivity index (χ1) is 11.6. The topological polar surface area (TPSA) is 6.48 Å². The Morgan fingerprint density at radius 2 is 1.79 bits per heavy atom. The summed E-state index contributed by atoms with van der Waals surface area (Å²) >= 11 is 1.71. The summed E-state index contributed by atoms with van der Waals surface area (Å²) in [5.41, 5.74) is 0.138. The van der Waals surface area contributed by atoms with Crippen LogP contribution in [-0.2, 0) is 6.54 Å². The predicted molar refractivity (Wildman–Crippen MR) is 94.9 cm³/mol. The van der Waals surface area contributed by atoms with Crippen LogP contribution in [0.15, 0.2) is 47.8 Å². The van der Waals surface area contributed by atoms with Crippen molar-refractivity contribution in [1.82, 2.24) is 4.90 Å². The Kier molecular flexibility index (Phi) is 4.09. The van der Waals surface area contributed by atoms with Crippen LogP contribution in [0.5, 0.6) is 0 Å². The van der Waals surface area contributed by atoms with Crippen LogP contribution in [0.2, 0.25) is 0 Å². The fourth-order valence-electron chi connectivity index (χ4n) is 4.10. The van der Waals surface area contributed by atoms with Gasteiger partial charge in [-0.15, -0.1) is 11.3 Å². The van der Waals surface area contributed by atoms with E-state index in [2.05, 4.69) is 21.2 Å². The molecule has 24 heavy (non-hydrogen) atoms. The van der Waals surface area contributed by atoms with Gasteiger partial charge in [0.25, 0.3) is 5.92 Å². The molecule has 1 aromatic heterocycles. The molecule has 1 aromatic carbocycles. The van der Waals surface area contributed by atoms with Crippen molar-refractivity contribution < 1.29 is 8.78 Å². The Bertz CT molecular complexity index is 674. The van der Waals surface area contributed by atoms with Gasteiger partial charge in [0.05, 0.1) is 5.41 Å². The average Bonchev–Trinajstić information content (AvgIpc) is 3.23. The van der Waals surface area contributed by atoms with Crippen LogP contribution in [0, 0.1) is 5.41 Å². The number of hydrogen-bond donors (Lipinski definition) is 0. The number of thiophene rings is 1. The maximum atomic E-state index is 14.9. The number of halogens is 2. The maximum absolute atomic E-state index is 14.9. The largest absolute Gasteiger partial charge is 0.371 e. The third-order valence-electron chi connectivity index (χ3n) is 5.48. The monoisotopic (exact) mass is 348 g/mol. The summed E-state index contributed by atoms with van der Waals surface area (Å²) in [6, 6.07) is 14.1. The SMILES string of the molecule is FC1(F)CCN(Cc2cccs2)C[C@]12CCN(c1ccccc1)C2. The minimum Gasteiger partial charge on any atom is -0.371 e. The predicted octanol–water partition coefficient (Wildman–Crippen LogP) is 4.49. The summed E-state index contributed by atoms with van der Waals surface area (Å²) < 4.78 is 29.7. The molecular formula is C19H22F2N2S. The molecule has 0 amide bonds. The van der Waals surface area contributed by atoms with Gasteiger partial charge in [0.1, 0.15) is 0 Å². The lowest BCUT2D eigenvalue weighted by atomic mass is 9.75. The second kappa shape index (κ2) is 6.12. The zero-order chi connectivity index (χ0) is 16.6. The van der Waals surface area contributed by atoms with E-state index in [1.807, 2.05) is 36.4 Å². The molecule has 128 valence electrons. The quantitative estimate of drug-likeness (QED) is 0.807. The van der Waals surface area contributed by atoms with Crippen LogP contribution in [-0.4, -0.2) is 37.0 Å². The lowest BCUT2D eigenvalue weighted by molar-refractivity contribution is -0.158. The van der Waals surface area contributed by atoms with Crippen molar-refractivity contribution in [2.45, 2.75) is 25.3 Å². The number of para-hydroxylation sites is 1. The fourth-order valence-corrected chi connectivity index (χ4v) is 4.85. The Morgan fingerprint density at radius 3 is 2.54 bits per heavy atom. The second-order valence-corrected chi connectivity index (χ2v) is 8.06. The van der Waals surface area contributed by atoms with E-state index >= 15 is 0 Å². The first-order valence-electron chi connectivity index (χ1n) is 8.51. The summed E-state index contributed by atoms with van der Waals surface area (Å²) in [5.74, 6) is -2.58. The molecule has 0 unspecified atom stereocenters. The van der Waals surface area contributed by atoms with Crippen molar-refractivity contribution in [3.63, 3.8) is 0 Å². The molecule has 2 aliphatic heterocycles. The lowest BCUT2D eigenvalue weighted by Crippen LogP contribution is -2.56. The van der Waals surface area contributed by atoms with E-state index in [0.29, 0.717) is 32.6 Å². The van der Waals surface area contributed by atoms with Crippen molar-refractivity contribution in [3.8, 4) is 0 Å². The van der Waals surface area contributed by atoms with Gasteiger partial charge >= 0.3 is 0 Å². The van der Waals surface area contributed by atoms with Gasteiger partial charge in [-0.05, 0) is 30.0 Å². The van der Waals surface area contributed by atoms with Gasteiger partial charge in [-0.3, -0.25) is 4.90 Å². The molecule has 4 rings (SSSR count). The highest BCUT2D eigenvalue weighted by atomic mass is 32.1. The number of nitrogens with zero attached hydrogens (tertiary/aromatic N) is 2. The molecule has 0 N–H and O–H groups in total. The summed E-state index contributed by atoms with van der Waals surface area (Å²) in [4.78, 5) is 5.61. The summed E-state index contributed by atoms with van der Waals surface area (Å²) in [7, 11) is 0. The molecule has 0 aliphatic carbocycles. The van der Waals surface area contributed by atoms with E-state index in [0.717, 1.165) is 12.2 Å². The van der Waals surface area contributed by atoms with Gasteiger partial charge < -0.3 is 4.90 Å². The standard InChI is InChI=1S/C19H22F2N2S/c20-19(21)9-10-22(13-17-7-4-12-24-17)14-18(19)8-11-23(15-18)16-5-2-1-3-6-16/h1-7,12H,8-11,13-15H2/t18-/m0/s1. The number of piperidine rings is 1. The molecule has 2 nitrogen and oxygen atoms in total. The van der Waals surface area contributed by atoms with Crippen molar-refractivity contribution >= 4 is 17.0 Å². The van der Waals surface area contributed by atoms with Crippen molar-refractivity contribution in [2.75, 3.05) is 31.1 Å². The van der Waals surface area contributed by atoms with Crippen molar-refractivity contribution in [2.24, 2.45) is 5.41 Å². The van der Waals surface area contributed by atoms with Crippen molar-refractivity contribution in [3.05, 3.63) is 52.7 Å². The number of alkyl halides is 2. The van der Waals surface area contributed by atoms with E-state index in [1.165, 1.54) is 4.88 Å².